The molecule has 3 aromatic heterocycles. The van der Waals surface area contributed by atoms with Gasteiger partial charge in [-0.05, 0) is 17.9 Å². The molecule has 2 N–H and O–H groups in total. The zero-order valence-corrected chi connectivity index (χ0v) is 15.0. The molecule has 0 radical (unpaired) electrons. The summed E-state index contributed by atoms with van der Waals surface area (Å²) in [4.78, 5) is 10.6. The molecule has 0 fully saturated rings. The Morgan fingerprint density at radius 2 is 2.17 bits per heavy atom. The molecule has 7 heteroatoms. The van der Waals surface area contributed by atoms with E-state index < -0.39 is 0 Å². The molecule has 0 aromatic carbocycles. The highest BCUT2D eigenvalue weighted by molar-refractivity contribution is 7.09. The number of nitrogens with one attached hydrogen (secondary N) is 1. The van der Waals surface area contributed by atoms with Crippen molar-refractivity contribution in [2.45, 2.75) is 26.2 Å². The number of nitrogens with zero attached hydrogens (tertiary/aromatic N) is 4. The number of hydrogen-bond acceptors (Lipinski definition) is 6. The molecule has 3 rings (SSSR count). The summed E-state index contributed by atoms with van der Waals surface area (Å²) >= 11 is 1.72. The Morgan fingerprint density at radius 1 is 1.33 bits per heavy atom. The Balaban J connectivity index is 1.80. The molecular weight excluding hydrogens is 322 g/mol. The maximum absolute atomic E-state index is 9.68. The smallest absolute Gasteiger partial charge is 0.163 e. The molecule has 0 amide bonds. The molecule has 3 aromatic rings. The largest absolute Gasteiger partial charge is 0.396 e. The molecule has 0 aliphatic heterocycles. The zero-order chi connectivity index (χ0) is 17.1. The highest BCUT2D eigenvalue weighted by Crippen LogP contribution is 2.23. The van der Waals surface area contributed by atoms with Gasteiger partial charge in [0.25, 0.3) is 0 Å². The first-order valence-corrected chi connectivity index (χ1v) is 9.03. The minimum absolute atomic E-state index is 0.142. The van der Waals surface area contributed by atoms with Gasteiger partial charge in [0.1, 0.15) is 11.6 Å². The van der Waals surface area contributed by atoms with Crippen LogP contribution in [0.5, 0.6) is 0 Å². The Hall–Kier alpha value is -1.99. The SMILES string of the molecule is CC(C)c1nc(NC[C@@H](CO)Cc2cccs2)c2cnn(C)c2n1. The molecule has 0 saturated heterocycles. The molecule has 6 nitrogen and oxygen atoms in total. The van der Waals surface area contributed by atoms with E-state index in [1.165, 1.54) is 4.88 Å². The fraction of sp³-hybridized carbons (Fsp3) is 0.471. The molecule has 128 valence electrons. The molecule has 1 atom stereocenters. The van der Waals surface area contributed by atoms with Crippen LogP contribution in [0.15, 0.2) is 23.7 Å². The number of aliphatic hydroxyl groups excluding tert-OH is 1. The van der Waals surface area contributed by atoms with Gasteiger partial charge < -0.3 is 10.4 Å². The molecule has 0 saturated carbocycles. The molecule has 0 aliphatic carbocycles. The van der Waals surface area contributed by atoms with Crippen LogP contribution in [0.1, 0.15) is 30.5 Å². The second kappa shape index (κ2) is 7.27. The lowest BCUT2D eigenvalue weighted by atomic mass is 10.1. The lowest BCUT2D eigenvalue weighted by Crippen LogP contribution is -2.21. The van der Waals surface area contributed by atoms with Crippen molar-refractivity contribution in [2.24, 2.45) is 13.0 Å². The van der Waals surface area contributed by atoms with Gasteiger partial charge in [0.2, 0.25) is 0 Å². The number of fused-ring (bicyclic) bond motifs is 1. The van der Waals surface area contributed by atoms with Crippen molar-refractivity contribution < 1.29 is 5.11 Å². The van der Waals surface area contributed by atoms with Crippen LogP contribution in [0, 0.1) is 5.92 Å². The fourth-order valence-corrected chi connectivity index (χ4v) is 3.41. The van der Waals surface area contributed by atoms with Crippen LogP contribution < -0.4 is 5.32 Å². The Kier molecular flexibility index (Phi) is 5.11. The van der Waals surface area contributed by atoms with Crippen molar-refractivity contribution in [2.75, 3.05) is 18.5 Å². The maximum atomic E-state index is 9.68. The topological polar surface area (TPSA) is 75.9 Å². The van der Waals surface area contributed by atoms with Gasteiger partial charge in [-0.1, -0.05) is 19.9 Å². The summed E-state index contributed by atoms with van der Waals surface area (Å²) in [5, 5.41) is 20.3. The van der Waals surface area contributed by atoms with Gasteiger partial charge in [-0.25, -0.2) is 9.97 Å². The van der Waals surface area contributed by atoms with Crippen LogP contribution in [0.2, 0.25) is 0 Å². The predicted molar refractivity (Wildman–Crippen MR) is 97.5 cm³/mol. The molecule has 24 heavy (non-hydrogen) atoms. The number of rotatable bonds is 7. The summed E-state index contributed by atoms with van der Waals surface area (Å²) in [6.45, 7) is 4.96. The first-order chi connectivity index (χ1) is 11.6. The van der Waals surface area contributed by atoms with Crippen molar-refractivity contribution in [3.63, 3.8) is 0 Å². The monoisotopic (exact) mass is 345 g/mol. The van der Waals surface area contributed by atoms with Crippen LogP contribution in [0.4, 0.5) is 5.82 Å². The van der Waals surface area contributed by atoms with E-state index in [1.54, 1.807) is 22.2 Å². The first kappa shape index (κ1) is 16.9. The van der Waals surface area contributed by atoms with Gasteiger partial charge in [-0.2, -0.15) is 5.10 Å². The normalized spacial score (nSPS) is 12.9. The first-order valence-electron chi connectivity index (χ1n) is 8.15. The van der Waals surface area contributed by atoms with Crippen molar-refractivity contribution in [3.8, 4) is 0 Å². The minimum Gasteiger partial charge on any atom is -0.396 e. The van der Waals surface area contributed by atoms with E-state index >= 15 is 0 Å². The Bertz CT molecular complexity index is 797. The van der Waals surface area contributed by atoms with Gasteiger partial charge >= 0.3 is 0 Å². The van der Waals surface area contributed by atoms with Gasteiger partial charge in [0, 0.05) is 36.9 Å². The summed E-state index contributed by atoms with van der Waals surface area (Å²) in [6, 6.07) is 4.15. The van der Waals surface area contributed by atoms with Crippen molar-refractivity contribution in [3.05, 3.63) is 34.4 Å². The van der Waals surface area contributed by atoms with Crippen molar-refractivity contribution >= 4 is 28.2 Å². The average molecular weight is 345 g/mol. The number of aryl methyl sites for hydroxylation is 1. The van der Waals surface area contributed by atoms with Crippen LogP contribution >= 0.6 is 11.3 Å². The zero-order valence-electron chi connectivity index (χ0n) is 14.2. The van der Waals surface area contributed by atoms with Crippen LogP contribution in [-0.4, -0.2) is 38.0 Å². The van der Waals surface area contributed by atoms with Gasteiger partial charge in [-0.15, -0.1) is 11.3 Å². The molecule has 0 aliphatic rings. The molecule has 0 spiro atoms. The number of aromatic nitrogens is 4. The Morgan fingerprint density at radius 3 is 2.83 bits per heavy atom. The average Bonchev–Trinajstić information content (AvgIpc) is 3.21. The second-order valence-electron chi connectivity index (χ2n) is 6.30. The highest BCUT2D eigenvalue weighted by Gasteiger charge is 2.15. The third-order valence-corrected chi connectivity index (χ3v) is 4.91. The van der Waals surface area contributed by atoms with E-state index in [9.17, 15) is 5.11 Å². The third kappa shape index (κ3) is 3.57. The van der Waals surface area contributed by atoms with E-state index in [2.05, 4.69) is 45.7 Å². The summed E-state index contributed by atoms with van der Waals surface area (Å²) in [5.74, 6) is 1.98. The van der Waals surface area contributed by atoms with Crippen LogP contribution in [-0.2, 0) is 13.5 Å². The number of anilines is 1. The summed E-state index contributed by atoms with van der Waals surface area (Å²) in [7, 11) is 1.89. The number of aliphatic hydroxyl groups is 1. The second-order valence-corrected chi connectivity index (χ2v) is 7.34. The van der Waals surface area contributed by atoms with E-state index in [1.807, 2.05) is 13.1 Å². The van der Waals surface area contributed by atoms with Crippen LogP contribution in [0.25, 0.3) is 11.0 Å². The van der Waals surface area contributed by atoms with Crippen molar-refractivity contribution in [1.29, 1.82) is 0 Å². The minimum atomic E-state index is 0.142. The van der Waals surface area contributed by atoms with E-state index in [0.717, 1.165) is 29.1 Å². The standard InChI is InChI=1S/C17H23N5OS/c1-11(2)15-20-16(14-9-19-22(3)17(14)21-15)18-8-12(10-23)7-13-5-4-6-24-13/h4-6,9,11-12,23H,7-8,10H2,1-3H3,(H,18,20,21)/t12-/m0/s1. The van der Waals surface area contributed by atoms with E-state index in [-0.39, 0.29) is 18.4 Å². The fourth-order valence-electron chi connectivity index (χ4n) is 2.59. The summed E-state index contributed by atoms with van der Waals surface area (Å²) in [5.41, 5.74) is 0.829. The Labute approximate surface area is 145 Å². The maximum Gasteiger partial charge on any atom is 0.163 e. The molecule has 3 heterocycles. The van der Waals surface area contributed by atoms with E-state index in [0.29, 0.717) is 6.54 Å². The highest BCUT2D eigenvalue weighted by atomic mass is 32.1. The van der Waals surface area contributed by atoms with Crippen LogP contribution in [0.3, 0.4) is 0 Å². The van der Waals surface area contributed by atoms with Crippen molar-refractivity contribution in [1.82, 2.24) is 19.7 Å². The number of hydrogen-bond donors (Lipinski definition) is 2. The molecule has 0 bridgehead atoms. The molecule has 0 unspecified atom stereocenters. The van der Waals surface area contributed by atoms with Gasteiger partial charge in [-0.3, -0.25) is 4.68 Å². The molecular formula is C17H23N5OS. The quantitative estimate of drug-likeness (QED) is 0.689. The van der Waals surface area contributed by atoms with Gasteiger partial charge in [0.05, 0.1) is 11.6 Å². The summed E-state index contributed by atoms with van der Waals surface area (Å²) in [6.07, 6.45) is 2.65. The van der Waals surface area contributed by atoms with E-state index in [4.69, 9.17) is 0 Å². The third-order valence-electron chi connectivity index (χ3n) is 4.01. The number of thiophene rings is 1. The summed E-state index contributed by atoms with van der Waals surface area (Å²) < 4.78 is 1.77. The lowest BCUT2D eigenvalue weighted by molar-refractivity contribution is 0.233. The lowest BCUT2D eigenvalue weighted by Gasteiger charge is -2.16. The predicted octanol–water partition coefficient (Wildman–Crippen LogP) is 2.81. The van der Waals surface area contributed by atoms with Gasteiger partial charge in [0.15, 0.2) is 5.65 Å².